The number of nitrogens with one attached hydrogen (secondary N) is 1. The first-order valence-corrected chi connectivity index (χ1v) is 6.89. The van der Waals surface area contributed by atoms with Gasteiger partial charge >= 0.3 is 0 Å². The van der Waals surface area contributed by atoms with Crippen LogP contribution in [0.4, 0.5) is 15.8 Å². The molecule has 1 heterocycles. The Kier molecular flexibility index (Phi) is 4.23. The van der Waals surface area contributed by atoms with E-state index in [-0.39, 0.29) is 5.69 Å². The minimum Gasteiger partial charge on any atom is -0.312 e. The second-order valence-electron chi connectivity index (χ2n) is 5.52. The number of rotatable bonds is 3. The number of halogens is 1. The van der Waals surface area contributed by atoms with E-state index in [1.807, 2.05) is 5.01 Å². The predicted molar refractivity (Wildman–Crippen MR) is 76.0 cm³/mol. The molecule has 0 saturated carbocycles. The maximum atomic E-state index is 13.5. The number of anilines is 1. The second-order valence-corrected chi connectivity index (χ2v) is 5.52. The van der Waals surface area contributed by atoms with Crippen LogP contribution in [0, 0.1) is 22.9 Å². The quantitative estimate of drug-likeness (QED) is 0.679. The van der Waals surface area contributed by atoms with E-state index in [4.69, 9.17) is 0 Å². The Morgan fingerprint density at radius 2 is 1.95 bits per heavy atom. The number of nitro benzene ring substituents is 1. The number of nitrogens with zero attached hydrogens (tertiary/aromatic N) is 2. The van der Waals surface area contributed by atoms with Crippen molar-refractivity contribution in [2.75, 3.05) is 5.43 Å². The number of aryl methyl sites for hydroxylation is 1. The number of benzene rings is 1. The normalized spacial score (nSPS) is 23.6. The van der Waals surface area contributed by atoms with Crippen molar-refractivity contribution in [3.05, 3.63) is 33.6 Å². The number of hydrogen-bond acceptors (Lipinski definition) is 4. The number of nitro groups is 1. The lowest BCUT2D eigenvalue weighted by Crippen LogP contribution is -2.47. The van der Waals surface area contributed by atoms with Gasteiger partial charge in [-0.15, -0.1) is 0 Å². The third-order valence-electron chi connectivity index (χ3n) is 3.92. The molecule has 2 atom stereocenters. The van der Waals surface area contributed by atoms with Gasteiger partial charge in [-0.3, -0.25) is 10.1 Å². The molecular weight excluding hydrogens is 261 g/mol. The molecule has 2 unspecified atom stereocenters. The first-order chi connectivity index (χ1) is 9.40. The van der Waals surface area contributed by atoms with Crippen molar-refractivity contribution in [2.24, 2.45) is 0 Å². The molecule has 0 bridgehead atoms. The summed E-state index contributed by atoms with van der Waals surface area (Å²) >= 11 is 0. The van der Waals surface area contributed by atoms with Crippen molar-refractivity contribution in [3.8, 4) is 0 Å². The summed E-state index contributed by atoms with van der Waals surface area (Å²) in [5.41, 5.74) is 3.65. The van der Waals surface area contributed by atoms with Gasteiger partial charge in [-0.25, -0.2) is 9.40 Å². The molecule has 1 fully saturated rings. The van der Waals surface area contributed by atoms with E-state index in [0.29, 0.717) is 23.3 Å². The largest absolute Gasteiger partial charge is 0.312 e. The molecule has 0 spiro atoms. The Labute approximate surface area is 117 Å². The summed E-state index contributed by atoms with van der Waals surface area (Å²) in [6, 6.07) is 3.07. The summed E-state index contributed by atoms with van der Waals surface area (Å²) in [6.45, 7) is 5.78. The van der Waals surface area contributed by atoms with Crippen LogP contribution in [0.2, 0.25) is 0 Å². The highest BCUT2D eigenvalue weighted by molar-refractivity contribution is 5.62. The van der Waals surface area contributed by atoms with Crippen LogP contribution in [0.25, 0.3) is 0 Å². The molecule has 0 aromatic heterocycles. The Morgan fingerprint density at radius 3 is 2.50 bits per heavy atom. The van der Waals surface area contributed by atoms with Gasteiger partial charge in [0.2, 0.25) is 0 Å². The first kappa shape index (κ1) is 14.7. The van der Waals surface area contributed by atoms with Gasteiger partial charge in [0.1, 0.15) is 11.5 Å². The Morgan fingerprint density at radius 1 is 1.35 bits per heavy atom. The molecular formula is C14H20FN3O2. The summed E-state index contributed by atoms with van der Waals surface area (Å²) in [4.78, 5) is 10.5. The fourth-order valence-electron chi connectivity index (χ4n) is 2.69. The molecule has 1 aromatic rings. The zero-order valence-corrected chi connectivity index (χ0v) is 12.0. The average molecular weight is 281 g/mol. The monoisotopic (exact) mass is 281 g/mol. The maximum absolute atomic E-state index is 13.5. The molecule has 110 valence electrons. The van der Waals surface area contributed by atoms with Gasteiger partial charge in [0.25, 0.3) is 5.69 Å². The van der Waals surface area contributed by atoms with E-state index in [1.54, 1.807) is 6.92 Å². The van der Waals surface area contributed by atoms with Crippen LogP contribution in [0.1, 0.15) is 38.7 Å². The van der Waals surface area contributed by atoms with Crippen molar-refractivity contribution in [3.63, 3.8) is 0 Å². The minimum atomic E-state index is -0.554. The van der Waals surface area contributed by atoms with Crippen LogP contribution in [-0.2, 0) is 0 Å². The third kappa shape index (κ3) is 2.90. The van der Waals surface area contributed by atoms with Crippen LogP contribution >= 0.6 is 0 Å². The summed E-state index contributed by atoms with van der Waals surface area (Å²) in [5.74, 6) is -0.554. The van der Waals surface area contributed by atoms with Gasteiger partial charge in [-0.1, -0.05) is 6.42 Å². The Hall–Kier alpha value is -1.69. The van der Waals surface area contributed by atoms with Crippen LogP contribution in [0.5, 0.6) is 0 Å². The Balaban J connectivity index is 2.32. The van der Waals surface area contributed by atoms with Crippen molar-refractivity contribution in [1.29, 1.82) is 0 Å². The number of piperidine rings is 1. The molecule has 0 aliphatic carbocycles. The van der Waals surface area contributed by atoms with Crippen molar-refractivity contribution in [1.82, 2.24) is 5.01 Å². The van der Waals surface area contributed by atoms with Gasteiger partial charge in [0, 0.05) is 12.1 Å². The van der Waals surface area contributed by atoms with Crippen molar-refractivity contribution < 1.29 is 9.31 Å². The lowest BCUT2D eigenvalue weighted by molar-refractivity contribution is -0.384. The van der Waals surface area contributed by atoms with Gasteiger partial charge in [0.15, 0.2) is 0 Å². The van der Waals surface area contributed by atoms with E-state index in [1.165, 1.54) is 6.07 Å². The van der Waals surface area contributed by atoms with Crippen molar-refractivity contribution in [2.45, 2.75) is 52.1 Å². The van der Waals surface area contributed by atoms with Crippen LogP contribution in [0.15, 0.2) is 12.1 Å². The fourth-order valence-corrected chi connectivity index (χ4v) is 2.69. The van der Waals surface area contributed by atoms with Gasteiger partial charge in [-0.2, -0.15) is 0 Å². The predicted octanol–water partition coefficient (Wildman–Crippen LogP) is 3.63. The first-order valence-electron chi connectivity index (χ1n) is 6.89. The van der Waals surface area contributed by atoms with Crippen LogP contribution in [0.3, 0.4) is 0 Å². The molecule has 20 heavy (non-hydrogen) atoms. The SMILES string of the molecule is Cc1cc(NN2C(C)CCCC2C)c([N+](=O)[O-])cc1F. The standard InChI is InChI=1S/C14H20FN3O2/c1-9-7-13(14(18(19)20)8-12(9)15)16-17-10(2)5-4-6-11(17)3/h7-8,10-11,16H,4-6H2,1-3H3. The molecule has 1 saturated heterocycles. The lowest BCUT2D eigenvalue weighted by Gasteiger charge is -2.39. The fraction of sp³-hybridized carbons (Fsp3) is 0.571. The van der Waals surface area contributed by atoms with Gasteiger partial charge in [0.05, 0.1) is 11.0 Å². The molecule has 6 heteroatoms. The molecule has 0 radical (unpaired) electrons. The van der Waals surface area contributed by atoms with Gasteiger partial charge < -0.3 is 5.43 Å². The highest BCUT2D eigenvalue weighted by Gasteiger charge is 2.27. The van der Waals surface area contributed by atoms with E-state index in [0.717, 1.165) is 25.3 Å². The smallest absolute Gasteiger partial charge is 0.296 e. The maximum Gasteiger partial charge on any atom is 0.296 e. The van der Waals surface area contributed by atoms with E-state index in [2.05, 4.69) is 19.3 Å². The highest BCUT2D eigenvalue weighted by atomic mass is 19.1. The average Bonchev–Trinajstić information content (AvgIpc) is 2.37. The minimum absolute atomic E-state index is 0.224. The molecule has 1 N–H and O–H groups in total. The molecule has 1 aliphatic rings. The molecule has 5 nitrogen and oxygen atoms in total. The van der Waals surface area contributed by atoms with Crippen molar-refractivity contribution >= 4 is 11.4 Å². The molecule has 1 aromatic carbocycles. The molecule has 1 aliphatic heterocycles. The molecule has 2 rings (SSSR count). The number of hydrazine groups is 1. The Bertz CT molecular complexity index is 511. The van der Waals surface area contributed by atoms with E-state index in [9.17, 15) is 14.5 Å². The number of hydrogen-bond donors (Lipinski definition) is 1. The lowest BCUT2D eigenvalue weighted by atomic mass is 10.00. The summed E-state index contributed by atoms with van der Waals surface area (Å²) < 4.78 is 13.5. The van der Waals surface area contributed by atoms with Gasteiger partial charge in [-0.05, 0) is 45.2 Å². The second kappa shape index (κ2) is 5.75. The molecule has 0 amide bonds. The highest BCUT2D eigenvalue weighted by Crippen LogP contribution is 2.30. The summed E-state index contributed by atoms with van der Waals surface area (Å²) in [7, 11) is 0. The van der Waals surface area contributed by atoms with E-state index < -0.39 is 10.7 Å². The van der Waals surface area contributed by atoms with E-state index >= 15 is 0 Å². The topological polar surface area (TPSA) is 58.4 Å². The zero-order chi connectivity index (χ0) is 14.9. The zero-order valence-electron chi connectivity index (χ0n) is 12.0. The summed E-state index contributed by atoms with van der Waals surface area (Å²) in [6.07, 6.45) is 3.25. The summed E-state index contributed by atoms with van der Waals surface area (Å²) in [5, 5.41) is 13.1. The van der Waals surface area contributed by atoms with Crippen LogP contribution in [-0.4, -0.2) is 22.0 Å². The third-order valence-corrected chi connectivity index (χ3v) is 3.92. The van der Waals surface area contributed by atoms with Crippen LogP contribution < -0.4 is 5.43 Å².